The Kier molecular flexibility index (Phi) is 8.35. The van der Waals surface area contributed by atoms with Crippen molar-refractivity contribution in [3.05, 3.63) is 64.6 Å². The fourth-order valence-corrected chi connectivity index (χ4v) is 9.54. The molecular weight excluding hydrogens is 494 g/mol. The molecule has 0 bridgehead atoms. The lowest BCUT2D eigenvalue weighted by Crippen LogP contribution is -2.45. The topological polar surface area (TPSA) is 41.9 Å². The Bertz CT molecular complexity index is 1140. The number of methoxy groups -OCH3 is 1. The van der Waals surface area contributed by atoms with Crippen molar-refractivity contribution in [2.45, 2.75) is 90.4 Å². The molecule has 5 aliphatic rings. The maximum atomic E-state index is 10.1. The molecule has 4 aliphatic carbocycles. The number of hydrogen-bond acceptors (Lipinski definition) is 4. The summed E-state index contributed by atoms with van der Waals surface area (Å²) < 4.78 is 12.4. The number of nitrogens with zero attached hydrogens (tertiary/aromatic N) is 1. The molecule has 6 atom stereocenters. The van der Waals surface area contributed by atoms with Gasteiger partial charge in [-0.2, -0.15) is 0 Å². The van der Waals surface area contributed by atoms with Crippen LogP contribution in [0.5, 0.6) is 5.75 Å². The number of allylic oxidation sites excluding steroid dienone is 2. The Morgan fingerprint density at radius 3 is 2.70 bits per heavy atom. The van der Waals surface area contributed by atoms with Crippen LogP contribution < -0.4 is 0 Å². The smallest absolute Gasteiger partial charge is 0.157 e. The lowest BCUT2D eigenvalue weighted by molar-refractivity contribution is -0.00163. The lowest BCUT2D eigenvalue weighted by Gasteiger charge is -2.53. The number of hydrogen-bond donors (Lipinski definition) is 1. The van der Waals surface area contributed by atoms with Crippen LogP contribution in [0.4, 0.5) is 0 Å². The number of fused-ring (bicyclic) bond motifs is 5. The number of ether oxygens (including phenoxy) is 2. The van der Waals surface area contributed by atoms with Gasteiger partial charge in [0.1, 0.15) is 11.5 Å². The van der Waals surface area contributed by atoms with Gasteiger partial charge in [-0.25, -0.2) is 0 Å². The summed E-state index contributed by atoms with van der Waals surface area (Å²) in [5.74, 6) is 5.97. The van der Waals surface area contributed by atoms with Crippen molar-refractivity contribution >= 4 is 0 Å². The molecule has 0 aromatic heterocycles. The molecule has 218 valence electrons. The van der Waals surface area contributed by atoms with E-state index in [1.807, 2.05) is 12.1 Å². The average molecular weight is 546 g/mol. The van der Waals surface area contributed by atoms with E-state index in [9.17, 15) is 5.11 Å². The van der Waals surface area contributed by atoms with E-state index in [1.165, 1.54) is 81.2 Å². The van der Waals surface area contributed by atoms with E-state index in [0.717, 1.165) is 61.7 Å². The molecular formula is C36H51NO3. The Morgan fingerprint density at radius 2 is 1.90 bits per heavy atom. The zero-order valence-corrected chi connectivity index (χ0v) is 25.2. The van der Waals surface area contributed by atoms with E-state index in [4.69, 9.17) is 9.47 Å². The molecule has 1 heterocycles. The highest BCUT2D eigenvalue weighted by molar-refractivity contribution is 5.40. The van der Waals surface area contributed by atoms with E-state index in [2.05, 4.69) is 43.0 Å². The molecule has 1 saturated heterocycles. The fourth-order valence-electron chi connectivity index (χ4n) is 9.54. The predicted octanol–water partition coefficient (Wildman–Crippen LogP) is 8.14. The van der Waals surface area contributed by atoms with Crippen LogP contribution in [0.15, 0.2) is 53.5 Å². The Labute approximate surface area is 242 Å². The molecule has 1 aromatic carbocycles. The highest BCUT2D eigenvalue weighted by Crippen LogP contribution is 2.64. The molecule has 5 unspecified atom stereocenters. The minimum atomic E-state index is 0.412. The largest absolute Gasteiger partial charge is 0.508 e. The molecule has 0 spiro atoms. The zero-order chi connectivity index (χ0) is 27.7. The van der Waals surface area contributed by atoms with Gasteiger partial charge < -0.3 is 14.6 Å². The monoisotopic (exact) mass is 545 g/mol. The molecule has 1 aliphatic heterocycles. The third-order valence-electron chi connectivity index (χ3n) is 11.5. The summed E-state index contributed by atoms with van der Waals surface area (Å²) in [4.78, 5) is 2.60. The number of phenols is 1. The molecule has 6 rings (SSSR count). The van der Waals surface area contributed by atoms with E-state index >= 15 is 0 Å². The van der Waals surface area contributed by atoms with Gasteiger partial charge in [0.25, 0.3) is 0 Å². The van der Waals surface area contributed by atoms with E-state index in [1.54, 1.807) is 7.11 Å². The molecule has 1 N–H and O–H groups in total. The summed E-state index contributed by atoms with van der Waals surface area (Å²) >= 11 is 0. The highest BCUT2D eigenvalue weighted by Gasteiger charge is 2.55. The second-order valence-electron chi connectivity index (χ2n) is 13.8. The number of likely N-dealkylation sites (tertiary alicyclic amines) is 1. The first kappa shape index (κ1) is 27.9. The maximum absolute atomic E-state index is 10.1. The molecule has 4 nitrogen and oxygen atoms in total. The first-order valence-corrected chi connectivity index (χ1v) is 16.3. The van der Waals surface area contributed by atoms with Crippen LogP contribution in [0, 0.1) is 29.1 Å². The standard InChI is InChI=1S/C36H51NO3/c1-25-21-27-23-29(38)12-13-30(27)31-15-17-36(2)28(11-14-32(36)35(25)31)16-20-40-33-10-8-9-26(22-34(33)39-3)24-37-18-6-4-5-7-19-37/h8-9,12-13,22-23,25,28,31-32,35,38H,4-7,10-11,14-21,24H2,1-3H3/t25-,28?,31?,32?,35?,36?/m1/s1. The molecule has 1 aromatic rings. The Morgan fingerprint density at radius 1 is 1.07 bits per heavy atom. The summed E-state index contributed by atoms with van der Waals surface area (Å²) in [6, 6.07) is 6.17. The van der Waals surface area contributed by atoms with Crippen LogP contribution in [0.25, 0.3) is 0 Å². The molecule has 40 heavy (non-hydrogen) atoms. The summed E-state index contributed by atoms with van der Waals surface area (Å²) in [7, 11) is 1.79. The highest BCUT2D eigenvalue weighted by atomic mass is 16.5. The first-order chi connectivity index (χ1) is 19.5. The van der Waals surface area contributed by atoms with Gasteiger partial charge in [0.05, 0.1) is 13.7 Å². The summed E-state index contributed by atoms with van der Waals surface area (Å²) in [5.41, 5.74) is 4.66. The van der Waals surface area contributed by atoms with Crippen molar-refractivity contribution in [1.82, 2.24) is 4.90 Å². The molecule has 2 saturated carbocycles. The third kappa shape index (κ3) is 5.50. The van der Waals surface area contributed by atoms with Crippen molar-refractivity contribution < 1.29 is 14.6 Å². The van der Waals surface area contributed by atoms with E-state index in [0.29, 0.717) is 23.0 Å². The zero-order valence-electron chi connectivity index (χ0n) is 25.2. The minimum Gasteiger partial charge on any atom is -0.508 e. The van der Waals surface area contributed by atoms with Crippen molar-refractivity contribution in [2.24, 2.45) is 29.1 Å². The number of benzene rings is 1. The van der Waals surface area contributed by atoms with Crippen LogP contribution in [0.1, 0.15) is 95.1 Å². The quantitative estimate of drug-likeness (QED) is 0.375. The van der Waals surface area contributed by atoms with Crippen molar-refractivity contribution in [3.8, 4) is 5.75 Å². The molecule has 4 heteroatoms. The van der Waals surface area contributed by atoms with Gasteiger partial charge in [-0.3, -0.25) is 4.90 Å². The van der Waals surface area contributed by atoms with Crippen LogP contribution in [-0.2, 0) is 15.9 Å². The summed E-state index contributed by atoms with van der Waals surface area (Å²) in [6.07, 6.45) is 20.5. The van der Waals surface area contributed by atoms with E-state index < -0.39 is 0 Å². The molecule has 0 radical (unpaired) electrons. The van der Waals surface area contributed by atoms with Gasteiger partial charge in [0.2, 0.25) is 0 Å². The normalized spacial score (nSPS) is 34.3. The Hall–Kier alpha value is -2.20. The average Bonchev–Trinajstić information content (AvgIpc) is 3.10. The fraction of sp³-hybridized carbons (Fsp3) is 0.667. The van der Waals surface area contributed by atoms with Crippen LogP contribution in [0.3, 0.4) is 0 Å². The van der Waals surface area contributed by atoms with Gasteiger partial charge in [-0.05, 0) is 134 Å². The van der Waals surface area contributed by atoms with Crippen LogP contribution in [-0.4, -0.2) is 43.4 Å². The third-order valence-corrected chi connectivity index (χ3v) is 11.5. The molecule has 0 amide bonds. The minimum absolute atomic E-state index is 0.412. The second-order valence-corrected chi connectivity index (χ2v) is 13.8. The van der Waals surface area contributed by atoms with Gasteiger partial charge in [0, 0.05) is 13.0 Å². The van der Waals surface area contributed by atoms with Gasteiger partial charge in [-0.15, -0.1) is 0 Å². The SMILES string of the molecule is COC1=C(OCCC2CCC3C4C(CCC23C)c2ccc(O)cc2C[C@H]4C)CC=CC(CN2CCCCCC2)=C1. The van der Waals surface area contributed by atoms with Crippen LogP contribution in [0.2, 0.25) is 0 Å². The summed E-state index contributed by atoms with van der Waals surface area (Å²) in [5, 5.41) is 10.1. The van der Waals surface area contributed by atoms with E-state index in [-0.39, 0.29) is 0 Å². The number of phenolic OH excluding ortho intramolecular Hbond substituents is 1. The lowest BCUT2D eigenvalue weighted by atomic mass is 9.51. The first-order valence-electron chi connectivity index (χ1n) is 16.3. The predicted molar refractivity (Wildman–Crippen MR) is 162 cm³/mol. The number of aromatic hydroxyl groups is 1. The summed E-state index contributed by atoms with van der Waals surface area (Å²) in [6.45, 7) is 9.28. The second kappa shape index (κ2) is 12.0. The molecule has 3 fully saturated rings. The van der Waals surface area contributed by atoms with Gasteiger partial charge in [0.15, 0.2) is 5.76 Å². The number of rotatable bonds is 7. The van der Waals surface area contributed by atoms with Crippen molar-refractivity contribution in [2.75, 3.05) is 33.4 Å². The van der Waals surface area contributed by atoms with Crippen LogP contribution >= 0.6 is 0 Å². The Balaban J connectivity index is 1.09. The van der Waals surface area contributed by atoms with Gasteiger partial charge >= 0.3 is 0 Å². The van der Waals surface area contributed by atoms with Crippen molar-refractivity contribution in [3.63, 3.8) is 0 Å². The van der Waals surface area contributed by atoms with Crippen molar-refractivity contribution in [1.29, 1.82) is 0 Å². The maximum Gasteiger partial charge on any atom is 0.157 e. The van der Waals surface area contributed by atoms with Gasteiger partial charge in [-0.1, -0.05) is 44.9 Å².